The fourth-order valence-corrected chi connectivity index (χ4v) is 1.49. The molecule has 0 spiro atoms. The van der Waals surface area contributed by atoms with Gasteiger partial charge in [-0.1, -0.05) is 0 Å². The van der Waals surface area contributed by atoms with Crippen molar-refractivity contribution in [1.82, 2.24) is 4.98 Å². The fourth-order valence-electron chi connectivity index (χ4n) is 0.962. The first-order chi connectivity index (χ1) is 6.63. The number of pyridine rings is 1. The van der Waals surface area contributed by atoms with Gasteiger partial charge in [-0.05, 0) is 0 Å². The average Bonchev–Trinajstić information content (AvgIpc) is 2.19. The summed E-state index contributed by atoms with van der Waals surface area (Å²) in [4.78, 5) is 15.1. The van der Waals surface area contributed by atoms with Crippen molar-refractivity contribution in [1.29, 1.82) is 0 Å². The van der Waals surface area contributed by atoms with E-state index in [1.54, 1.807) is 6.08 Å². The first-order valence-electron chi connectivity index (χ1n) is 4.11. The topological polar surface area (TPSA) is 39.2 Å². The second kappa shape index (κ2) is 4.96. The van der Waals surface area contributed by atoms with Crippen molar-refractivity contribution in [3.63, 3.8) is 0 Å². The van der Waals surface area contributed by atoms with Crippen molar-refractivity contribution in [3.8, 4) is 0 Å². The number of aromatic nitrogens is 1. The summed E-state index contributed by atoms with van der Waals surface area (Å²) in [7, 11) is 1.36. The summed E-state index contributed by atoms with van der Waals surface area (Å²) < 4.78 is 5.46. The predicted octanol–water partition coefficient (Wildman–Crippen LogP) is -0.165. The molecular formula is C10H12AsNO2. The summed E-state index contributed by atoms with van der Waals surface area (Å²) in [6.07, 6.45) is 4.94. The third-order valence-corrected chi connectivity index (χ3v) is 2.70. The summed E-state index contributed by atoms with van der Waals surface area (Å²) >= 11 is 1.44. The van der Waals surface area contributed by atoms with Crippen LogP contribution in [0.15, 0.2) is 18.3 Å². The molecule has 0 aliphatic carbocycles. The van der Waals surface area contributed by atoms with Crippen LogP contribution in [0, 0.1) is 6.92 Å². The monoisotopic (exact) mass is 253 g/mol. The van der Waals surface area contributed by atoms with E-state index in [1.807, 2.05) is 19.2 Å². The zero-order valence-electron chi connectivity index (χ0n) is 8.15. The molecule has 0 bridgehead atoms. The second-order valence-electron chi connectivity index (χ2n) is 2.84. The number of rotatable bonds is 2. The first kappa shape index (κ1) is 11.0. The van der Waals surface area contributed by atoms with E-state index in [1.165, 1.54) is 30.0 Å². The standard InChI is InChI=1S/C10H12AsNO2/c1-7-5-8(10(11)12-6-7)3-4-9(13)14-2/h3-6H,11H2,1-2H3/b4-3+. The molecule has 1 rings (SSSR count). The molecule has 1 atom stereocenters. The van der Waals surface area contributed by atoms with Gasteiger partial charge in [0, 0.05) is 0 Å². The number of nitrogens with zero attached hydrogens (tertiary/aromatic N) is 1. The molecule has 0 aliphatic heterocycles. The molecule has 14 heavy (non-hydrogen) atoms. The molecule has 4 heteroatoms. The van der Waals surface area contributed by atoms with E-state index in [-0.39, 0.29) is 5.97 Å². The number of hydrogen-bond acceptors (Lipinski definition) is 3. The molecule has 0 saturated carbocycles. The Morgan fingerprint density at radius 2 is 2.36 bits per heavy atom. The Morgan fingerprint density at radius 3 is 3.00 bits per heavy atom. The molecular weight excluding hydrogens is 241 g/mol. The van der Waals surface area contributed by atoms with E-state index in [0.717, 1.165) is 15.6 Å². The van der Waals surface area contributed by atoms with Gasteiger partial charge in [0.2, 0.25) is 0 Å². The zero-order chi connectivity index (χ0) is 10.6. The molecule has 0 N–H and O–H groups in total. The Balaban J connectivity index is 2.90. The van der Waals surface area contributed by atoms with E-state index in [9.17, 15) is 4.79 Å². The van der Waals surface area contributed by atoms with Gasteiger partial charge in [-0.2, -0.15) is 0 Å². The summed E-state index contributed by atoms with van der Waals surface area (Å²) in [5, 5.41) is 0. The van der Waals surface area contributed by atoms with Crippen LogP contribution in [-0.4, -0.2) is 34.9 Å². The van der Waals surface area contributed by atoms with Crippen molar-refractivity contribution in [3.05, 3.63) is 29.5 Å². The van der Waals surface area contributed by atoms with Gasteiger partial charge in [0.25, 0.3) is 0 Å². The summed E-state index contributed by atoms with van der Waals surface area (Å²) in [6.45, 7) is 1.97. The van der Waals surface area contributed by atoms with E-state index >= 15 is 0 Å². The molecule has 0 amide bonds. The van der Waals surface area contributed by atoms with E-state index in [4.69, 9.17) is 0 Å². The van der Waals surface area contributed by atoms with Gasteiger partial charge >= 0.3 is 91.4 Å². The van der Waals surface area contributed by atoms with Crippen LogP contribution in [0.3, 0.4) is 0 Å². The molecule has 0 saturated heterocycles. The van der Waals surface area contributed by atoms with Gasteiger partial charge in [0.05, 0.1) is 0 Å². The summed E-state index contributed by atoms with van der Waals surface area (Å²) in [6, 6.07) is 1.99. The predicted molar refractivity (Wildman–Crippen MR) is 58.2 cm³/mol. The maximum absolute atomic E-state index is 10.9. The Labute approximate surface area is 91.7 Å². The van der Waals surface area contributed by atoms with Crippen LogP contribution in [0.5, 0.6) is 0 Å². The van der Waals surface area contributed by atoms with Crippen LogP contribution in [0.4, 0.5) is 0 Å². The fraction of sp³-hybridized carbons (Fsp3) is 0.200. The Hall–Kier alpha value is -1.08. The number of hydrogen-bond donors (Lipinski definition) is 0. The minimum atomic E-state index is -0.349. The Bertz CT molecular complexity index is 374. The molecule has 0 aliphatic rings. The third-order valence-electron chi connectivity index (χ3n) is 1.69. The number of methoxy groups -OCH3 is 1. The van der Waals surface area contributed by atoms with E-state index in [2.05, 4.69) is 9.72 Å². The maximum atomic E-state index is 10.9. The molecule has 1 aromatic rings. The molecule has 0 aromatic carbocycles. The van der Waals surface area contributed by atoms with Gasteiger partial charge < -0.3 is 0 Å². The van der Waals surface area contributed by atoms with Crippen molar-refractivity contribution >= 4 is 33.4 Å². The summed E-state index contributed by atoms with van der Waals surface area (Å²) in [5.74, 6) is -0.349. The van der Waals surface area contributed by atoms with Gasteiger partial charge in [0.1, 0.15) is 0 Å². The van der Waals surface area contributed by atoms with Crippen LogP contribution in [-0.2, 0) is 9.53 Å². The molecule has 74 valence electrons. The van der Waals surface area contributed by atoms with Gasteiger partial charge in [0.15, 0.2) is 0 Å². The van der Waals surface area contributed by atoms with Gasteiger partial charge in [-0.3, -0.25) is 0 Å². The van der Waals surface area contributed by atoms with Crippen LogP contribution in [0.2, 0.25) is 0 Å². The molecule has 3 nitrogen and oxygen atoms in total. The number of esters is 1. The Kier molecular flexibility index (Phi) is 3.90. The van der Waals surface area contributed by atoms with Crippen molar-refractivity contribution in [2.45, 2.75) is 6.92 Å². The van der Waals surface area contributed by atoms with Crippen LogP contribution in [0.1, 0.15) is 11.1 Å². The molecule has 1 aromatic heterocycles. The Morgan fingerprint density at radius 1 is 1.64 bits per heavy atom. The summed E-state index contributed by atoms with van der Waals surface area (Å²) in [5.41, 5.74) is 2.05. The average molecular weight is 253 g/mol. The molecule has 0 radical (unpaired) electrons. The molecule has 1 heterocycles. The quantitative estimate of drug-likeness (QED) is 0.417. The van der Waals surface area contributed by atoms with Gasteiger partial charge in [-0.25, -0.2) is 0 Å². The van der Waals surface area contributed by atoms with Crippen molar-refractivity contribution in [2.75, 3.05) is 7.11 Å². The minimum absolute atomic E-state index is 0.349. The second-order valence-corrected chi connectivity index (χ2v) is 3.99. The number of carbonyl (C=O) groups is 1. The van der Waals surface area contributed by atoms with Crippen LogP contribution in [0.25, 0.3) is 6.08 Å². The molecule has 1 unspecified atom stereocenters. The number of aryl methyl sites for hydroxylation is 1. The number of carbonyl (C=O) groups excluding carboxylic acids is 1. The van der Waals surface area contributed by atoms with Crippen LogP contribution < -0.4 is 4.48 Å². The zero-order valence-corrected chi connectivity index (χ0v) is 10.6. The van der Waals surface area contributed by atoms with Gasteiger partial charge in [-0.15, -0.1) is 0 Å². The van der Waals surface area contributed by atoms with E-state index < -0.39 is 0 Å². The van der Waals surface area contributed by atoms with Crippen molar-refractivity contribution in [2.24, 2.45) is 0 Å². The SMILES string of the molecule is COC(=O)/C=C/c1cc(C)cnc1[AsH2]. The van der Waals surface area contributed by atoms with Crippen molar-refractivity contribution < 1.29 is 9.53 Å². The molecule has 0 fully saturated rings. The first-order valence-corrected chi connectivity index (χ1v) is 5.33. The van der Waals surface area contributed by atoms with Crippen LogP contribution >= 0.6 is 0 Å². The van der Waals surface area contributed by atoms with E-state index in [0.29, 0.717) is 0 Å². The third kappa shape index (κ3) is 3.00. The normalized spacial score (nSPS) is 10.5. The number of ether oxygens (including phenoxy) is 1.